The monoisotopic (exact) mass is 631 g/mol. The summed E-state index contributed by atoms with van der Waals surface area (Å²) < 4.78 is 1.10. The van der Waals surface area contributed by atoms with Gasteiger partial charge in [-0.2, -0.15) is 0 Å². The molecule has 0 rings (SSSR count). The molecular formula is C30H60Cl2NO6P. The lowest BCUT2D eigenvalue weighted by Crippen LogP contribution is -3.00. The van der Waals surface area contributed by atoms with Gasteiger partial charge in [0.05, 0.1) is 27.2 Å². The van der Waals surface area contributed by atoms with E-state index in [0.29, 0.717) is 18.5 Å². The van der Waals surface area contributed by atoms with Crippen LogP contribution in [0, 0.1) is 0 Å². The number of aliphatic carboxylic acids is 3. The average Bonchev–Trinajstić information content (AvgIpc) is 2.83. The van der Waals surface area contributed by atoms with Crippen molar-refractivity contribution >= 4 is 38.2 Å². The van der Waals surface area contributed by atoms with Crippen molar-refractivity contribution in [3.8, 4) is 0 Å². The van der Waals surface area contributed by atoms with Crippen LogP contribution in [-0.4, -0.2) is 83.4 Å². The van der Waals surface area contributed by atoms with Crippen LogP contribution in [-0.2, 0) is 14.4 Å². The second-order valence-electron chi connectivity index (χ2n) is 11.0. The van der Waals surface area contributed by atoms with Crippen LogP contribution in [0.25, 0.3) is 0 Å². The Kier molecular flexibility index (Phi) is 37.6. The number of nitrogens with zero attached hydrogens (tertiary/aromatic N) is 1. The number of rotatable bonds is 26. The van der Waals surface area contributed by atoms with Crippen molar-refractivity contribution in [1.82, 2.24) is 0 Å². The van der Waals surface area contributed by atoms with E-state index in [1.807, 2.05) is 6.08 Å². The van der Waals surface area contributed by atoms with Crippen LogP contribution in [0.3, 0.4) is 0 Å². The molecule has 0 spiro atoms. The third kappa shape index (κ3) is 39.3. The predicted molar refractivity (Wildman–Crippen MR) is 168 cm³/mol. The number of unbranched alkanes of at least 4 members (excludes halogenated alkanes) is 13. The van der Waals surface area contributed by atoms with Gasteiger partial charge >= 0.3 is 17.9 Å². The van der Waals surface area contributed by atoms with Crippen molar-refractivity contribution in [3.63, 3.8) is 0 Å². The van der Waals surface area contributed by atoms with E-state index in [-0.39, 0.29) is 44.1 Å². The summed E-state index contributed by atoms with van der Waals surface area (Å²) in [6.07, 6.45) is 23.4. The van der Waals surface area contributed by atoms with Crippen molar-refractivity contribution in [3.05, 3.63) is 12.7 Å². The quantitative estimate of drug-likeness (QED) is 0.0533. The molecule has 0 atom stereocenters. The Morgan fingerprint density at radius 1 is 0.650 bits per heavy atom. The van der Waals surface area contributed by atoms with Gasteiger partial charge in [-0.15, -0.1) is 20.3 Å². The molecule has 3 N–H and O–H groups in total. The minimum absolute atomic E-state index is 0. The fourth-order valence-electron chi connectivity index (χ4n) is 4.27. The Morgan fingerprint density at radius 3 is 1.23 bits per heavy atom. The smallest absolute Gasteiger partial charge is 0.303 e. The number of carbonyl (C=O) groups is 3. The molecule has 0 bridgehead atoms. The molecular weight excluding hydrogens is 572 g/mol. The largest absolute Gasteiger partial charge is 1.00 e. The highest BCUT2D eigenvalue weighted by Crippen LogP contribution is 2.37. The molecule has 0 aromatic heterocycles. The van der Waals surface area contributed by atoms with Crippen LogP contribution in [0.4, 0.5) is 0 Å². The fraction of sp³-hybridized carbons (Fsp3) is 0.833. The zero-order chi connectivity index (χ0) is 29.1. The molecule has 0 aromatic rings. The van der Waals surface area contributed by atoms with Crippen molar-refractivity contribution in [1.29, 1.82) is 0 Å². The Labute approximate surface area is 258 Å². The van der Waals surface area contributed by atoms with E-state index in [2.05, 4.69) is 27.6 Å². The van der Waals surface area contributed by atoms with Gasteiger partial charge in [0.25, 0.3) is 0 Å². The molecule has 0 fully saturated rings. The molecule has 7 nitrogen and oxygen atoms in total. The van der Waals surface area contributed by atoms with E-state index in [4.69, 9.17) is 15.3 Å². The van der Waals surface area contributed by atoms with Crippen LogP contribution >= 0.6 is 20.3 Å². The van der Waals surface area contributed by atoms with Crippen molar-refractivity contribution < 1.29 is 46.6 Å². The second-order valence-corrected chi connectivity index (χ2v) is 13.7. The molecule has 0 amide bonds. The predicted octanol–water partition coefficient (Wildman–Crippen LogP) is 5.05. The molecule has 0 aliphatic carbocycles. The molecule has 40 heavy (non-hydrogen) atoms. The second kappa shape index (κ2) is 32.6. The van der Waals surface area contributed by atoms with Gasteiger partial charge in [0.1, 0.15) is 0 Å². The van der Waals surface area contributed by atoms with Crippen LogP contribution in [0.1, 0.15) is 116 Å². The lowest BCUT2D eigenvalue weighted by Gasteiger charge is -2.28. The maximum Gasteiger partial charge on any atom is 0.303 e. The Hall–Kier alpha value is -0.880. The van der Waals surface area contributed by atoms with Gasteiger partial charge in [-0.3, -0.25) is 14.4 Å². The molecule has 10 heteroatoms. The first-order valence-electron chi connectivity index (χ1n) is 14.8. The van der Waals surface area contributed by atoms with E-state index in [0.717, 1.165) is 11.0 Å². The van der Waals surface area contributed by atoms with E-state index in [1.54, 1.807) is 0 Å². The zero-order valence-electron chi connectivity index (χ0n) is 25.6. The minimum atomic E-state index is -0.932. The molecule has 0 saturated heterocycles. The molecule has 0 unspecified atom stereocenters. The molecule has 0 aliphatic rings. The maximum absolute atomic E-state index is 10.4. The van der Waals surface area contributed by atoms with Gasteiger partial charge in [0.2, 0.25) is 0 Å². The maximum atomic E-state index is 10.4. The zero-order valence-corrected chi connectivity index (χ0v) is 28.1. The summed E-state index contributed by atoms with van der Waals surface area (Å²) in [5, 5.41) is 25.5. The number of likely N-dealkylation sites (N-methyl/N-ethyl adjacent to an activating group) is 1. The SMILES string of the molecule is C=CC[N+](C)(C)CCCCCCCCCCCCCCCC.Cl.O=C(O)CCP(CCC(=O)O)CCC(=O)O.[Cl-]. The standard InChI is InChI=1S/C21H44N.C9H15O6P.2ClH/c1-5-7-8-9-10-11-12-13-14-15-16-17-18-19-21-22(3,4)20-6-2;10-7(11)1-4-16(5-2-8(12)13)6-3-9(14)15;;/h6H,2,5,7-21H2,1,3-4H3;1-6H2,(H,10,11)(H,12,13)(H,14,15);2*1H/q+1;;;/p-1. The van der Waals surface area contributed by atoms with Crippen LogP contribution in [0.2, 0.25) is 0 Å². The molecule has 0 heterocycles. The Morgan fingerprint density at radius 2 is 0.950 bits per heavy atom. The van der Waals surface area contributed by atoms with Gasteiger partial charge in [-0.1, -0.05) is 90.6 Å². The molecule has 0 saturated carbocycles. The number of halogens is 2. The Bertz CT molecular complexity index is 580. The number of carboxylic acids is 3. The van der Waals surface area contributed by atoms with Gasteiger partial charge in [-0.25, -0.2) is 0 Å². The van der Waals surface area contributed by atoms with Gasteiger partial charge in [0, 0.05) is 19.3 Å². The topological polar surface area (TPSA) is 112 Å². The third-order valence-electron chi connectivity index (χ3n) is 6.67. The number of quaternary nitrogens is 1. The first-order valence-corrected chi connectivity index (χ1v) is 16.7. The average molecular weight is 633 g/mol. The highest BCUT2D eigenvalue weighted by Gasteiger charge is 2.14. The van der Waals surface area contributed by atoms with E-state index >= 15 is 0 Å². The molecule has 0 aromatic carbocycles. The highest BCUT2D eigenvalue weighted by molar-refractivity contribution is 7.57. The summed E-state index contributed by atoms with van der Waals surface area (Å²) in [7, 11) is 3.82. The van der Waals surface area contributed by atoms with Crippen LogP contribution in [0.5, 0.6) is 0 Å². The first-order chi connectivity index (χ1) is 18.0. The highest BCUT2D eigenvalue weighted by atomic mass is 35.5. The summed E-state index contributed by atoms with van der Waals surface area (Å²) in [5.74, 6) is -2.80. The van der Waals surface area contributed by atoms with Crippen molar-refractivity contribution in [2.75, 3.05) is 45.7 Å². The number of hydrogen-bond donors (Lipinski definition) is 3. The summed E-state index contributed by atoms with van der Waals surface area (Å²) >= 11 is 0. The first kappa shape index (κ1) is 46.1. The molecule has 0 radical (unpaired) electrons. The van der Waals surface area contributed by atoms with Crippen LogP contribution in [0.15, 0.2) is 12.7 Å². The normalized spacial score (nSPS) is 10.6. The van der Waals surface area contributed by atoms with Gasteiger partial charge < -0.3 is 32.2 Å². The lowest BCUT2D eigenvalue weighted by atomic mass is 10.0. The van der Waals surface area contributed by atoms with Crippen molar-refractivity contribution in [2.24, 2.45) is 0 Å². The number of hydrogen-bond acceptors (Lipinski definition) is 3. The van der Waals surface area contributed by atoms with E-state index in [1.165, 1.54) is 96.4 Å². The summed E-state index contributed by atoms with van der Waals surface area (Å²) in [6.45, 7) is 8.53. The summed E-state index contributed by atoms with van der Waals surface area (Å²) in [5.41, 5.74) is 0. The van der Waals surface area contributed by atoms with E-state index in [9.17, 15) is 14.4 Å². The number of carboxylic acid groups (broad SMARTS) is 3. The lowest BCUT2D eigenvalue weighted by molar-refractivity contribution is -0.884. The third-order valence-corrected chi connectivity index (χ3v) is 9.23. The summed E-state index contributed by atoms with van der Waals surface area (Å²) in [6, 6.07) is 0. The minimum Gasteiger partial charge on any atom is -1.00 e. The Balaban J connectivity index is -0.000000322. The van der Waals surface area contributed by atoms with Gasteiger partial charge in [0.15, 0.2) is 0 Å². The fourth-order valence-corrected chi connectivity index (χ4v) is 6.47. The summed E-state index contributed by atoms with van der Waals surface area (Å²) in [4.78, 5) is 31.1. The van der Waals surface area contributed by atoms with E-state index < -0.39 is 25.8 Å². The molecule has 240 valence electrons. The van der Waals surface area contributed by atoms with Gasteiger partial charge in [-0.05, 0) is 37.4 Å². The van der Waals surface area contributed by atoms with Crippen molar-refractivity contribution in [2.45, 2.75) is 116 Å². The van der Waals surface area contributed by atoms with Crippen LogP contribution < -0.4 is 12.4 Å². The molecule has 0 aliphatic heterocycles.